The number of nitrogens with one attached hydrogen (secondary N) is 2. The van der Waals surface area contributed by atoms with Crippen LogP contribution in [0.25, 0.3) is 0 Å². The first-order valence-corrected chi connectivity index (χ1v) is 10.1. The largest absolute Gasteiger partial charge is 0.360 e. The van der Waals surface area contributed by atoms with Gasteiger partial charge in [-0.15, -0.1) is 0 Å². The predicted octanol–water partition coefficient (Wildman–Crippen LogP) is 1.84. The molecule has 0 fully saturated rings. The number of hydrogen-bond acceptors (Lipinski definition) is 6. The number of amides is 1. The second kappa shape index (κ2) is 7.95. The van der Waals surface area contributed by atoms with Gasteiger partial charge in [0.2, 0.25) is 15.9 Å². The third-order valence-corrected chi connectivity index (χ3v) is 5.87. The summed E-state index contributed by atoms with van der Waals surface area (Å²) in [7, 11) is -3.93. The average Bonchev–Trinajstić information content (AvgIpc) is 3.26. The number of benzene rings is 1. The van der Waals surface area contributed by atoms with Crippen LogP contribution in [0, 0.1) is 13.8 Å². The highest BCUT2D eigenvalue weighted by Gasteiger charge is 2.28. The summed E-state index contributed by atoms with van der Waals surface area (Å²) in [5.74, 6) is -0.305. The number of aryl methyl sites for hydroxylation is 2. The second-order valence-corrected chi connectivity index (χ2v) is 8.04. The van der Waals surface area contributed by atoms with Gasteiger partial charge in [0.25, 0.3) is 0 Å². The molecule has 10 heteroatoms. The molecular formula is C18H21N5O4S. The molecule has 1 amide bonds. The molecule has 0 saturated heterocycles. The Labute approximate surface area is 162 Å². The van der Waals surface area contributed by atoms with E-state index < -0.39 is 22.0 Å². The summed E-state index contributed by atoms with van der Waals surface area (Å²) in [4.78, 5) is 12.3. The van der Waals surface area contributed by atoms with Crippen LogP contribution in [0.1, 0.15) is 23.9 Å². The molecule has 9 nitrogen and oxygen atoms in total. The summed E-state index contributed by atoms with van der Waals surface area (Å²) in [6.07, 6.45) is 3.57. The standard InChI is InChI=1S/C18H21N5O4S/c1-12-17(14(3)27-21-12)28(25,26)22-13(2)18(24)20-16-7-5-15(6-8-16)11-23-10-4-9-19-23/h4-10,13,22H,11H2,1-3H3,(H,20,24)/t13-/m0/s1. The highest BCUT2D eigenvalue weighted by Crippen LogP contribution is 2.19. The van der Waals surface area contributed by atoms with E-state index in [2.05, 4.69) is 20.3 Å². The van der Waals surface area contributed by atoms with E-state index in [1.165, 1.54) is 20.8 Å². The SMILES string of the molecule is Cc1noc(C)c1S(=O)(=O)N[C@@H](C)C(=O)Nc1ccc(Cn2cccn2)cc1. The van der Waals surface area contributed by atoms with Gasteiger partial charge in [-0.1, -0.05) is 17.3 Å². The molecule has 148 valence electrons. The van der Waals surface area contributed by atoms with E-state index >= 15 is 0 Å². The van der Waals surface area contributed by atoms with Crippen molar-refractivity contribution in [2.45, 2.75) is 38.3 Å². The molecule has 0 bridgehead atoms. The van der Waals surface area contributed by atoms with Crippen LogP contribution in [-0.4, -0.2) is 35.3 Å². The Morgan fingerprint density at radius 1 is 1.25 bits per heavy atom. The Morgan fingerprint density at radius 2 is 1.96 bits per heavy atom. The number of nitrogens with zero attached hydrogens (tertiary/aromatic N) is 3. The molecular weight excluding hydrogens is 382 g/mol. The minimum absolute atomic E-state index is 0.0462. The van der Waals surface area contributed by atoms with Crippen molar-refractivity contribution in [2.75, 3.05) is 5.32 Å². The molecule has 0 aliphatic heterocycles. The predicted molar refractivity (Wildman–Crippen MR) is 102 cm³/mol. The lowest BCUT2D eigenvalue weighted by Gasteiger charge is -2.14. The molecule has 0 aliphatic carbocycles. The smallest absolute Gasteiger partial charge is 0.246 e. The molecule has 2 heterocycles. The van der Waals surface area contributed by atoms with Crippen LogP contribution in [0.2, 0.25) is 0 Å². The number of rotatable bonds is 7. The first kappa shape index (κ1) is 19.8. The minimum atomic E-state index is -3.93. The summed E-state index contributed by atoms with van der Waals surface area (Å²) < 4.78 is 34.0. The molecule has 0 spiro atoms. The lowest BCUT2D eigenvalue weighted by Crippen LogP contribution is -2.41. The topological polar surface area (TPSA) is 119 Å². The maximum atomic E-state index is 12.5. The van der Waals surface area contributed by atoms with Gasteiger partial charge in [0, 0.05) is 18.1 Å². The van der Waals surface area contributed by atoms with Gasteiger partial charge in [-0.25, -0.2) is 8.42 Å². The monoisotopic (exact) mass is 403 g/mol. The van der Waals surface area contributed by atoms with Crippen molar-refractivity contribution in [3.05, 3.63) is 59.7 Å². The van der Waals surface area contributed by atoms with Crippen molar-refractivity contribution in [1.82, 2.24) is 19.7 Å². The maximum absolute atomic E-state index is 12.5. The van der Waals surface area contributed by atoms with Gasteiger partial charge in [-0.2, -0.15) is 9.82 Å². The third kappa shape index (κ3) is 4.46. The molecule has 0 unspecified atom stereocenters. The quantitative estimate of drug-likeness (QED) is 0.621. The molecule has 1 aromatic carbocycles. The first-order chi connectivity index (χ1) is 13.3. The van der Waals surface area contributed by atoms with Gasteiger partial charge in [0.05, 0.1) is 12.6 Å². The molecule has 0 saturated carbocycles. The molecule has 1 atom stereocenters. The van der Waals surface area contributed by atoms with E-state index in [0.717, 1.165) is 5.56 Å². The zero-order valence-electron chi connectivity index (χ0n) is 15.7. The Balaban J connectivity index is 1.62. The van der Waals surface area contributed by atoms with Crippen LogP contribution in [0.15, 0.2) is 52.1 Å². The summed E-state index contributed by atoms with van der Waals surface area (Å²) >= 11 is 0. The summed E-state index contributed by atoms with van der Waals surface area (Å²) in [5, 5.41) is 10.5. The lowest BCUT2D eigenvalue weighted by molar-refractivity contribution is -0.117. The van der Waals surface area contributed by atoms with E-state index in [1.54, 1.807) is 23.0 Å². The van der Waals surface area contributed by atoms with Crippen LogP contribution in [0.5, 0.6) is 0 Å². The van der Waals surface area contributed by atoms with E-state index in [-0.39, 0.29) is 16.3 Å². The van der Waals surface area contributed by atoms with Gasteiger partial charge in [0.15, 0.2) is 5.76 Å². The third-order valence-electron chi connectivity index (χ3n) is 4.09. The number of hydrogen-bond donors (Lipinski definition) is 2. The normalized spacial score (nSPS) is 12.7. The van der Waals surface area contributed by atoms with Crippen molar-refractivity contribution in [1.29, 1.82) is 0 Å². The fraction of sp³-hybridized carbons (Fsp3) is 0.278. The Morgan fingerprint density at radius 3 is 2.54 bits per heavy atom. The lowest BCUT2D eigenvalue weighted by atomic mass is 10.2. The van der Waals surface area contributed by atoms with Gasteiger partial charge in [0.1, 0.15) is 10.6 Å². The van der Waals surface area contributed by atoms with Gasteiger partial charge in [-0.3, -0.25) is 9.48 Å². The molecule has 28 heavy (non-hydrogen) atoms. The van der Waals surface area contributed by atoms with Crippen molar-refractivity contribution in [3.8, 4) is 0 Å². The summed E-state index contributed by atoms with van der Waals surface area (Å²) in [6, 6.07) is 8.12. The van der Waals surface area contributed by atoms with Crippen LogP contribution in [-0.2, 0) is 21.4 Å². The maximum Gasteiger partial charge on any atom is 0.246 e. The first-order valence-electron chi connectivity index (χ1n) is 8.58. The Hall–Kier alpha value is -2.98. The Kier molecular flexibility index (Phi) is 5.61. The fourth-order valence-electron chi connectivity index (χ4n) is 2.73. The number of anilines is 1. The van der Waals surface area contributed by atoms with E-state index in [4.69, 9.17) is 4.52 Å². The number of sulfonamides is 1. The second-order valence-electron chi connectivity index (χ2n) is 6.39. The number of carbonyl (C=O) groups is 1. The molecule has 0 aliphatic rings. The summed E-state index contributed by atoms with van der Waals surface area (Å²) in [5.41, 5.74) is 1.83. The average molecular weight is 403 g/mol. The van der Waals surface area contributed by atoms with E-state index in [0.29, 0.717) is 12.2 Å². The Bertz CT molecular complexity index is 1040. The zero-order valence-corrected chi connectivity index (χ0v) is 16.5. The fourth-order valence-corrected chi connectivity index (χ4v) is 4.26. The van der Waals surface area contributed by atoms with Gasteiger partial charge in [-0.05, 0) is 44.5 Å². The minimum Gasteiger partial charge on any atom is -0.360 e. The number of aromatic nitrogens is 3. The zero-order chi connectivity index (χ0) is 20.3. The van der Waals surface area contributed by atoms with Gasteiger partial charge >= 0.3 is 0 Å². The van der Waals surface area contributed by atoms with Crippen molar-refractivity contribution >= 4 is 21.6 Å². The highest BCUT2D eigenvalue weighted by atomic mass is 32.2. The van der Waals surface area contributed by atoms with Crippen LogP contribution >= 0.6 is 0 Å². The van der Waals surface area contributed by atoms with E-state index in [9.17, 15) is 13.2 Å². The molecule has 3 aromatic rings. The van der Waals surface area contributed by atoms with Crippen molar-refractivity contribution in [2.24, 2.45) is 0 Å². The van der Waals surface area contributed by atoms with Crippen molar-refractivity contribution in [3.63, 3.8) is 0 Å². The molecule has 2 aromatic heterocycles. The van der Waals surface area contributed by atoms with Crippen LogP contribution in [0.4, 0.5) is 5.69 Å². The van der Waals surface area contributed by atoms with E-state index in [1.807, 2.05) is 24.4 Å². The summed E-state index contributed by atoms with van der Waals surface area (Å²) in [6.45, 7) is 5.12. The van der Waals surface area contributed by atoms with Gasteiger partial charge < -0.3 is 9.84 Å². The number of carbonyl (C=O) groups excluding carboxylic acids is 1. The van der Waals surface area contributed by atoms with Crippen LogP contribution < -0.4 is 10.0 Å². The highest BCUT2D eigenvalue weighted by molar-refractivity contribution is 7.89. The van der Waals surface area contributed by atoms with Crippen molar-refractivity contribution < 1.29 is 17.7 Å². The molecule has 3 rings (SSSR count). The van der Waals surface area contributed by atoms with Crippen LogP contribution in [0.3, 0.4) is 0 Å². The molecule has 2 N–H and O–H groups in total. The molecule has 0 radical (unpaired) electrons.